The van der Waals surface area contributed by atoms with Crippen LogP contribution in [0.2, 0.25) is 0 Å². The normalized spacial score (nSPS) is 19.0. The number of nitrogens with one attached hydrogen (secondary N) is 1. The van der Waals surface area contributed by atoms with E-state index in [-0.39, 0.29) is 36.2 Å². The van der Waals surface area contributed by atoms with Gasteiger partial charge in [-0.25, -0.2) is 4.39 Å². The molecular weight excluding hydrogens is 411 g/mol. The van der Waals surface area contributed by atoms with Crippen molar-refractivity contribution in [1.29, 1.82) is 0 Å². The fraction of sp³-hybridized carbons (Fsp3) is 0.318. The van der Waals surface area contributed by atoms with Crippen LogP contribution in [0.5, 0.6) is 0 Å². The van der Waals surface area contributed by atoms with E-state index in [2.05, 4.69) is 5.32 Å². The number of carbonyl (C=O) groups excluding carboxylic acids is 1. The third-order valence-corrected chi connectivity index (χ3v) is 6.30. The van der Waals surface area contributed by atoms with Crippen molar-refractivity contribution in [3.63, 3.8) is 0 Å². The highest BCUT2D eigenvalue weighted by atomic mass is 35.5. The zero-order chi connectivity index (χ0) is 19.5. The smallest absolute Gasteiger partial charge is 0.287 e. The van der Waals surface area contributed by atoms with E-state index in [1.54, 1.807) is 18.2 Å². The summed E-state index contributed by atoms with van der Waals surface area (Å²) < 4.78 is 19.9. The molecule has 1 heterocycles. The standard InChI is InChI=1S/C22H23FN2O2S.ClH/c23-18-6-2-4-8-20(18)28-13-17-16-5-1-3-7-19(16)27-21(17)22(26)25-15-11-9-14(24)10-12-15;/h1-8,14-15H,9-13,24H2,(H,25,26);1H. The topological polar surface area (TPSA) is 68.3 Å². The van der Waals surface area contributed by atoms with Crippen molar-refractivity contribution in [2.24, 2.45) is 5.73 Å². The first-order valence-electron chi connectivity index (χ1n) is 9.56. The van der Waals surface area contributed by atoms with Gasteiger partial charge in [0, 0.05) is 33.7 Å². The molecule has 1 amide bonds. The average Bonchev–Trinajstić information content (AvgIpc) is 3.08. The number of hydrogen-bond acceptors (Lipinski definition) is 4. The Bertz CT molecular complexity index is 986. The number of amides is 1. The first kappa shape index (κ1) is 21.7. The molecule has 1 aliphatic rings. The van der Waals surface area contributed by atoms with Gasteiger partial charge >= 0.3 is 0 Å². The first-order valence-corrected chi connectivity index (χ1v) is 10.5. The summed E-state index contributed by atoms with van der Waals surface area (Å²) in [5, 5.41) is 3.99. The summed E-state index contributed by atoms with van der Waals surface area (Å²) in [6.45, 7) is 0. The summed E-state index contributed by atoms with van der Waals surface area (Å²) in [5.41, 5.74) is 7.43. The second-order valence-corrected chi connectivity index (χ2v) is 8.23. The third-order valence-electron chi connectivity index (χ3n) is 5.22. The molecule has 4 rings (SSSR count). The zero-order valence-electron chi connectivity index (χ0n) is 15.9. The van der Waals surface area contributed by atoms with Crippen LogP contribution in [0.1, 0.15) is 41.8 Å². The highest BCUT2D eigenvalue weighted by Crippen LogP contribution is 2.33. The fourth-order valence-electron chi connectivity index (χ4n) is 3.65. The van der Waals surface area contributed by atoms with Crippen LogP contribution in [0.15, 0.2) is 57.8 Å². The van der Waals surface area contributed by atoms with Gasteiger partial charge in [-0.2, -0.15) is 0 Å². The lowest BCUT2D eigenvalue weighted by Crippen LogP contribution is -2.40. The molecule has 0 radical (unpaired) electrons. The maximum Gasteiger partial charge on any atom is 0.287 e. The van der Waals surface area contributed by atoms with Crippen molar-refractivity contribution in [2.75, 3.05) is 0 Å². The number of rotatable bonds is 5. The van der Waals surface area contributed by atoms with Gasteiger partial charge in [0.25, 0.3) is 5.91 Å². The van der Waals surface area contributed by atoms with E-state index >= 15 is 0 Å². The van der Waals surface area contributed by atoms with Crippen LogP contribution in [0, 0.1) is 5.82 Å². The fourth-order valence-corrected chi connectivity index (χ4v) is 4.62. The number of carbonyl (C=O) groups is 1. The Kier molecular flexibility index (Phi) is 7.22. The van der Waals surface area contributed by atoms with Crippen molar-refractivity contribution in [3.8, 4) is 0 Å². The number of hydrogen-bond donors (Lipinski definition) is 2. The summed E-state index contributed by atoms with van der Waals surface area (Å²) in [6, 6.07) is 14.6. The maximum absolute atomic E-state index is 14.0. The first-order chi connectivity index (χ1) is 13.6. The third kappa shape index (κ3) is 4.94. The lowest BCUT2D eigenvalue weighted by atomic mass is 9.92. The van der Waals surface area contributed by atoms with Crippen LogP contribution in [0.25, 0.3) is 11.0 Å². The van der Waals surface area contributed by atoms with Crippen molar-refractivity contribution >= 4 is 41.0 Å². The Balaban J connectivity index is 0.00000240. The Morgan fingerprint density at radius 2 is 1.79 bits per heavy atom. The van der Waals surface area contributed by atoms with E-state index in [4.69, 9.17) is 10.2 Å². The molecule has 2 aromatic carbocycles. The molecule has 1 aromatic heterocycles. The minimum Gasteiger partial charge on any atom is -0.451 e. The van der Waals surface area contributed by atoms with Crippen LogP contribution >= 0.6 is 24.2 Å². The zero-order valence-corrected chi connectivity index (χ0v) is 17.5. The number of furan rings is 1. The van der Waals surface area contributed by atoms with E-state index in [0.717, 1.165) is 36.6 Å². The monoisotopic (exact) mass is 434 g/mol. The lowest BCUT2D eigenvalue weighted by Gasteiger charge is -2.26. The number of thioether (sulfide) groups is 1. The van der Waals surface area contributed by atoms with Crippen molar-refractivity contribution < 1.29 is 13.6 Å². The molecule has 1 fully saturated rings. The van der Waals surface area contributed by atoms with Gasteiger partial charge in [0.2, 0.25) is 0 Å². The Hall–Kier alpha value is -2.02. The van der Waals surface area contributed by atoms with Crippen LogP contribution in [-0.4, -0.2) is 18.0 Å². The van der Waals surface area contributed by atoms with Crippen molar-refractivity contribution in [1.82, 2.24) is 5.32 Å². The molecule has 0 spiro atoms. The van der Waals surface area contributed by atoms with Gasteiger partial charge in [-0.05, 0) is 43.9 Å². The Morgan fingerprint density at radius 3 is 2.55 bits per heavy atom. The highest BCUT2D eigenvalue weighted by molar-refractivity contribution is 7.98. The maximum atomic E-state index is 14.0. The molecule has 0 saturated heterocycles. The molecule has 0 aliphatic heterocycles. The largest absolute Gasteiger partial charge is 0.451 e. The molecule has 1 aliphatic carbocycles. The number of fused-ring (bicyclic) bond motifs is 1. The molecule has 4 nitrogen and oxygen atoms in total. The quantitative estimate of drug-likeness (QED) is 0.535. The van der Waals surface area contributed by atoms with Crippen LogP contribution in [0.3, 0.4) is 0 Å². The predicted octanol–water partition coefficient (Wildman–Crippen LogP) is 5.29. The molecule has 7 heteroatoms. The highest BCUT2D eigenvalue weighted by Gasteiger charge is 2.25. The van der Waals surface area contributed by atoms with Gasteiger partial charge in [0.15, 0.2) is 5.76 Å². The van der Waals surface area contributed by atoms with Gasteiger partial charge in [-0.15, -0.1) is 24.2 Å². The molecule has 0 atom stereocenters. The molecule has 29 heavy (non-hydrogen) atoms. The Morgan fingerprint density at radius 1 is 1.10 bits per heavy atom. The molecule has 3 aromatic rings. The number of benzene rings is 2. The van der Waals surface area contributed by atoms with Crippen LogP contribution in [-0.2, 0) is 5.75 Å². The van der Waals surface area contributed by atoms with Crippen molar-refractivity contribution in [2.45, 2.75) is 48.4 Å². The van der Waals surface area contributed by atoms with E-state index < -0.39 is 0 Å². The van der Waals surface area contributed by atoms with Gasteiger partial charge in [0.1, 0.15) is 11.4 Å². The number of halogens is 2. The molecular formula is C22H24ClFN2O2S. The summed E-state index contributed by atoms with van der Waals surface area (Å²) in [6.07, 6.45) is 3.60. The SMILES string of the molecule is Cl.NC1CCC(NC(=O)c2oc3ccccc3c2CSc2ccccc2F)CC1. The predicted molar refractivity (Wildman–Crippen MR) is 117 cm³/mol. The molecule has 0 bridgehead atoms. The van der Waals surface area contributed by atoms with Crippen LogP contribution < -0.4 is 11.1 Å². The average molecular weight is 435 g/mol. The summed E-state index contributed by atoms with van der Waals surface area (Å²) in [7, 11) is 0. The van der Waals surface area contributed by atoms with Gasteiger partial charge in [0.05, 0.1) is 0 Å². The van der Waals surface area contributed by atoms with E-state index in [0.29, 0.717) is 22.0 Å². The van der Waals surface area contributed by atoms with Gasteiger partial charge in [-0.1, -0.05) is 30.3 Å². The second kappa shape index (κ2) is 9.65. The summed E-state index contributed by atoms with van der Waals surface area (Å²) in [5.74, 6) is 0.307. The summed E-state index contributed by atoms with van der Waals surface area (Å²) in [4.78, 5) is 13.5. The Labute approximate surface area is 179 Å². The molecule has 1 saturated carbocycles. The second-order valence-electron chi connectivity index (χ2n) is 7.21. The van der Waals surface area contributed by atoms with E-state index in [9.17, 15) is 9.18 Å². The summed E-state index contributed by atoms with van der Waals surface area (Å²) >= 11 is 1.37. The van der Waals surface area contributed by atoms with Crippen molar-refractivity contribution in [3.05, 3.63) is 65.7 Å². The minimum atomic E-state index is -0.259. The van der Waals surface area contributed by atoms with Gasteiger partial charge < -0.3 is 15.5 Å². The molecule has 154 valence electrons. The van der Waals surface area contributed by atoms with E-state index in [1.165, 1.54) is 17.8 Å². The number of para-hydroxylation sites is 1. The minimum absolute atomic E-state index is 0. The lowest BCUT2D eigenvalue weighted by molar-refractivity contribution is 0.0899. The number of nitrogens with two attached hydrogens (primary N) is 1. The van der Waals surface area contributed by atoms with Crippen LogP contribution in [0.4, 0.5) is 4.39 Å². The molecule has 0 unspecified atom stereocenters. The van der Waals surface area contributed by atoms with E-state index in [1.807, 2.05) is 24.3 Å². The van der Waals surface area contributed by atoms with Gasteiger partial charge in [-0.3, -0.25) is 4.79 Å². The molecule has 3 N–H and O–H groups in total.